The van der Waals surface area contributed by atoms with E-state index in [0.29, 0.717) is 25.6 Å². The van der Waals surface area contributed by atoms with Gasteiger partial charge in [0.2, 0.25) is 5.91 Å². The van der Waals surface area contributed by atoms with Crippen molar-refractivity contribution in [2.24, 2.45) is 11.8 Å². The van der Waals surface area contributed by atoms with E-state index < -0.39 is 0 Å². The van der Waals surface area contributed by atoms with Crippen LogP contribution in [-0.4, -0.2) is 79.1 Å². The van der Waals surface area contributed by atoms with Crippen molar-refractivity contribution in [3.05, 3.63) is 40.4 Å². The maximum Gasteiger partial charge on any atom is 0.265 e. The molecule has 2 aliphatic rings. The van der Waals surface area contributed by atoms with Crippen LogP contribution < -0.4 is 5.32 Å². The highest BCUT2D eigenvalue weighted by Gasteiger charge is 2.31. The second-order valence-electron chi connectivity index (χ2n) is 9.46. The van der Waals surface area contributed by atoms with Crippen LogP contribution in [0.25, 0.3) is 10.6 Å². The molecular formula is C26H36N4O3S. The summed E-state index contributed by atoms with van der Waals surface area (Å²) in [6, 6.07) is 8.25. The number of aromatic nitrogens is 1. The van der Waals surface area contributed by atoms with Gasteiger partial charge in [-0.15, -0.1) is 11.3 Å². The number of aryl methyl sites for hydroxylation is 2. The van der Waals surface area contributed by atoms with E-state index in [0.717, 1.165) is 66.8 Å². The number of benzene rings is 1. The molecule has 0 saturated carbocycles. The first kappa shape index (κ1) is 24.8. The number of carbonyl (C=O) groups is 2. The highest BCUT2D eigenvalue weighted by Crippen LogP contribution is 2.31. The summed E-state index contributed by atoms with van der Waals surface area (Å²) in [7, 11) is 0. The molecule has 2 aliphatic heterocycles. The average molecular weight is 485 g/mol. The summed E-state index contributed by atoms with van der Waals surface area (Å²) in [4.78, 5) is 35.5. The Kier molecular flexibility index (Phi) is 8.34. The number of hydrogen-bond donors (Lipinski definition) is 1. The van der Waals surface area contributed by atoms with E-state index in [1.165, 1.54) is 16.9 Å². The number of hydrogen-bond acceptors (Lipinski definition) is 6. The third-order valence-electron chi connectivity index (χ3n) is 7.07. The Balaban J connectivity index is 1.26. The quantitative estimate of drug-likeness (QED) is 0.652. The van der Waals surface area contributed by atoms with E-state index in [1.807, 2.05) is 18.7 Å². The minimum atomic E-state index is -0.0415. The standard InChI is InChI=1S/C26H36N4O3S/c1-18-4-6-22(7-5-18)25-28-20(3)23(34-25)26(32)30-11-8-21(9-12-30)19(2)24(31)27-10-13-29-14-16-33-17-15-29/h4-7,19,21H,8-17H2,1-3H3,(H,27,31). The molecule has 4 rings (SSSR count). The van der Waals surface area contributed by atoms with Gasteiger partial charge in [-0.3, -0.25) is 14.5 Å². The Labute approximate surface area is 206 Å². The van der Waals surface area contributed by atoms with E-state index in [2.05, 4.69) is 46.4 Å². The number of ether oxygens (including phenoxy) is 1. The number of thiazole rings is 1. The van der Waals surface area contributed by atoms with E-state index in [1.54, 1.807) is 0 Å². The zero-order valence-corrected chi connectivity index (χ0v) is 21.3. The molecule has 1 aromatic carbocycles. The lowest BCUT2D eigenvalue weighted by Gasteiger charge is -2.34. The lowest BCUT2D eigenvalue weighted by Crippen LogP contribution is -2.45. The summed E-state index contributed by atoms with van der Waals surface area (Å²) in [5.41, 5.74) is 3.04. The largest absolute Gasteiger partial charge is 0.379 e. The Morgan fingerprint density at radius 3 is 2.47 bits per heavy atom. The minimum Gasteiger partial charge on any atom is -0.379 e. The average Bonchev–Trinajstić information content (AvgIpc) is 3.25. The third kappa shape index (κ3) is 6.03. The van der Waals surface area contributed by atoms with Crippen molar-refractivity contribution in [1.82, 2.24) is 20.1 Å². The fourth-order valence-electron chi connectivity index (χ4n) is 4.70. The van der Waals surface area contributed by atoms with Crippen molar-refractivity contribution in [3.8, 4) is 10.6 Å². The number of piperidine rings is 1. The van der Waals surface area contributed by atoms with Gasteiger partial charge in [0.15, 0.2) is 0 Å². The van der Waals surface area contributed by atoms with Crippen LogP contribution in [0.1, 0.15) is 40.7 Å². The summed E-state index contributed by atoms with van der Waals surface area (Å²) in [6.45, 7) is 12.3. The molecule has 1 unspecified atom stereocenters. The van der Waals surface area contributed by atoms with Gasteiger partial charge in [0, 0.05) is 50.7 Å². The number of rotatable bonds is 7. The first-order valence-corrected chi connectivity index (χ1v) is 13.2. The van der Waals surface area contributed by atoms with E-state index in [9.17, 15) is 9.59 Å². The normalized spacial score (nSPS) is 18.6. The van der Waals surface area contributed by atoms with Crippen LogP contribution in [0.15, 0.2) is 24.3 Å². The van der Waals surface area contributed by atoms with Crippen molar-refractivity contribution < 1.29 is 14.3 Å². The van der Waals surface area contributed by atoms with Crippen LogP contribution >= 0.6 is 11.3 Å². The van der Waals surface area contributed by atoms with Crippen molar-refractivity contribution in [2.45, 2.75) is 33.6 Å². The van der Waals surface area contributed by atoms with Gasteiger partial charge in [-0.1, -0.05) is 36.8 Å². The zero-order valence-electron chi connectivity index (χ0n) is 20.5. The summed E-state index contributed by atoms with van der Waals surface area (Å²) in [5, 5.41) is 3.99. The van der Waals surface area contributed by atoms with Crippen LogP contribution in [0.4, 0.5) is 0 Å². The lowest BCUT2D eigenvalue weighted by atomic mass is 9.85. The van der Waals surface area contributed by atoms with Crippen LogP contribution in [0.2, 0.25) is 0 Å². The molecule has 7 nitrogen and oxygen atoms in total. The summed E-state index contributed by atoms with van der Waals surface area (Å²) in [5.74, 6) is 0.451. The molecule has 2 aromatic rings. The lowest BCUT2D eigenvalue weighted by molar-refractivity contribution is -0.126. The summed E-state index contributed by atoms with van der Waals surface area (Å²) in [6.07, 6.45) is 1.71. The topological polar surface area (TPSA) is 74.8 Å². The molecule has 0 radical (unpaired) electrons. The fraction of sp³-hybridized carbons (Fsp3) is 0.577. The molecule has 1 N–H and O–H groups in total. The number of nitrogens with one attached hydrogen (secondary N) is 1. The SMILES string of the molecule is Cc1ccc(-c2nc(C)c(C(=O)N3CCC(C(C)C(=O)NCCN4CCOCC4)CC3)s2)cc1. The molecule has 0 aliphatic carbocycles. The van der Waals surface area contributed by atoms with Crippen LogP contribution in [0, 0.1) is 25.7 Å². The van der Waals surface area contributed by atoms with Gasteiger partial charge in [0.05, 0.1) is 18.9 Å². The van der Waals surface area contributed by atoms with Gasteiger partial charge >= 0.3 is 0 Å². The predicted octanol–water partition coefficient (Wildman–Crippen LogP) is 3.36. The number of likely N-dealkylation sites (tertiary alicyclic amines) is 1. The molecule has 3 heterocycles. The molecule has 34 heavy (non-hydrogen) atoms. The first-order valence-electron chi connectivity index (χ1n) is 12.3. The Morgan fingerprint density at radius 2 is 1.79 bits per heavy atom. The molecule has 0 bridgehead atoms. The smallest absolute Gasteiger partial charge is 0.265 e. The molecule has 2 amide bonds. The fourth-order valence-corrected chi connectivity index (χ4v) is 5.74. The van der Waals surface area contributed by atoms with Gasteiger partial charge in [-0.25, -0.2) is 4.98 Å². The van der Waals surface area contributed by atoms with Gasteiger partial charge in [0.25, 0.3) is 5.91 Å². The highest BCUT2D eigenvalue weighted by atomic mass is 32.1. The predicted molar refractivity (Wildman–Crippen MR) is 135 cm³/mol. The highest BCUT2D eigenvalue weighted by molar-refractivity contribution is 7.17. The van der Waals surface area contributed by atoms with Crippen LogP contribution in [-0.2, 0) is 9.53 Å². The zero-order chi connectivity index (χ0) is 24.1. The molecule has 2 fully saturated rings. The molecule has 8 heteroatoms. The number of carbonyl (C=O) groups excluding carboxylic acids is 2. The Morgan fingerprint density at radius 1 is 1.12 bits per heavy atom. The van der Waals surface area contributed by atoms with Crippen LogP contribution in [0.3, 0.4) is 0 Å². The molecule has 1 atom stereocenters. The monoisotopic (exact) mass is 484 g/mol. The molecule has 0 spiro atoms. The van der Waals surface area contributed by atoms with E-state index in [-0.39, 0.29) is 17.7 Å². The van der Waals surface area contributed by atoms with Crippen molar-refractivity contribution in [3.63, 3.8) is 0 Å². The summed E-state index contributed by atoms with van der Waals surface area (Å²) < 4.78 is 5.37. The maximum atomic E-state index is 13.2. The Bertz CT molecular complexity index is 976. The van der Waals surface area contributed by atoms with E-state index in [4.69, 9.17) is 4.74 Å². The van der Waals surface area contributed by atoms with Gasteiger partial charge in [-0.05, 0) is 32.6 Å². The summed E-state index contributed by atoms with van der Waals surface area (Å²) >= 11 is 1.47. The van der Waals surface area contributed by atoms with Gasteiger partial charge in [0.1, 0.15) is 9.88 Å². The van der Waals surface area contributed by atoms with Crippen molar-refractivity contribution in [2.75, 3.05) is 52.5 Å². The molecule has 184 valence electrons. The second kappa shape index (κ2) is 11.4. The number of amides is 2. The minimum absolute atomic E-state index is 0.0415. The number of nitrogens with zero attached hydrogens (tertiary/aromatic N) is 3. The first-order chi connectivity index (χ1) is 16.4. The van der Waals surface area contributed by atoms with E-state index >= 15 is 0 Å². The van der Waals surface area contributed by atoms with Crippen molar-refractivity contribution in [1.29, 1.82) is 0 Å². The molecule has 1 aromatic heterocycles. The van der Waals surface area contributed by atoms with Crippen molar-refractivity contribution >= 4 is 23.2 Å². The third-order valence-corrected chi connectivity index (χ3v) is 8.26. The van der Waals surface area contributed by atoms with Gasteiger partial charge in [-0.2, -0.15) is 0 Å². The second-order valence-corrected chi connectivity index (χ2v) is 10.5. The molecule has 2 saturated heterocycles. The molecular weight excluding hydrogens is 448 g/mol. The van der Waals surface area contributed by atoms with Gasteiger partial charge < -0.3 is 15.0 Å². The number of morpholine rings is 1. The van der Waals surface area contributed by atoms with Crippen LogP contribution in [0.5, 0.6) is 0 Å². The maximum absolute atomic E-state index is 13.2. The Hall–Kier alpha value is -2.29.